The Bertz CT molecular complexity index is 729. The largest absolute Gasteiger partial charge is 0.463 e. The fourth-order valence-corrected chi connectivity index (χ4v) is 2.62. The van der Waals surface area contributed by atoms with Crippen LogP contribution in [0.2, 0.25) is 0 Å². The molecule has 148 valence electrons. The van der Waals surface area contributed by atoms with Crippen LogP contribution < -0.4 is 5.32 Å². The van der Waals surface area contributed by atoms with E-state index in [0.717, 1.165) is 0 Å². The highest BCUT2D eigenvalue weighted by Crippen LogP contribution is 2.30. The van der Waals surface area contributed by atoms with Crippen molar-refractivity contribution in [2.24, 2.45) is 5.16 Å². The molecule has 0 fully saturated rings. The molecule has 8 heteroatoms. The van der Waals surface area contributed by atoms with Gasteiger partial charge >= 0.3 is 12.1 Å². The Labute approximate surface area is 157 Å². The van der Waals surface area contributed by atoms with E-state index in [2.05, 4.69) is 10.5 Å². The summed E-state index contributed by atoms with van der Waals surface area (Å²) in [5.74, 6) is -1.06. The molecule has 1 amide bonds. The third-order valence-corrected chi connectivity index (χ3v) is 3.76. The van der Waals surface area contributed by atoms with Crippen LogP contribution in [0.5, 0.6) is 0 Å². The molecule has 0 spiro atoms. The van der Waals surface area contributed by atoms with Gasteiger partial charge in [0.25, 0.3) is 0 Å². The lowest BCUT2D eigenvalue weighted by Crippen LogP contribution is -2.44. The molecule has 0 radical (unpaired) electrons. The summed E-state index contributed by atoms with van der Waals surface area (Å²) in [4.78, 5) is 29.7. The minimum Gasteiger partial charge on any atom is -0.463 e. The topological polar surface area (TPSA) is 86.2 Å². The molecule has 1 unspecified atom stereocenters. The first-order chi connectivity index (χ1) is 12.6. The van der Waals surface area contributed by atoms with Crippen molar-refractivity contribution in [2.75, 3.05) is 13.2 Å². The summed E-state index contributed by atoms with van der Waals surface area (Å²) in [6, 6.07) is 6.14. The molecular formula is C19H25FN2O5. The second kappa shape index (κ2) is 8.37. The Balaban J connectivity index is 2.06. The highest BCUT2D eigenvalue weighted by Gasteiger charge is 2.48. The highest BCUT2D eigenvalue weighted by molar-refractivity contribution is 5.96. The SMILES string of the molecule is CCOC(=O)C1(Cc2ccccc2F)CC(CNC(=O)OC(C)(C)C)=NO1. The average Bonchev–Trinajstić information content (AvgIpc) is 2.98. The predicted octanol–water partition coefficient (Wildman–Crippen LogP) is 2.97. The number of halogens is 1. The molecule has 0 bridgehead atoms. The van der Waals surface area contributed by atoms with E-state index in [9.17, 15) is 14.0 Å². The number of carbonyl (C=O) groups is 2. The number of alkyl carbamates (subject to hydrolysis) is 1. The van der Waals surface area contributed by atoms with Crippen molar-refractivity contribution in [1.29, 1.82) is 0 Å². The standard InChI is InChI=1S/C19H25FN2O5/c1-5-25-16(23)19(10-13-8-6-7-9-15(13)20)11-14(22-27-19)12-21-17(24)26-18(2,3)4/h6-9H,5,10-12H2,1-4H3,(H,21,24). The molecule has 1 aromatic rings. The molecule has 27 heavy (non-hydrogen) atoms. The van der Waals surface area contributed by atoms with Gasteiger partial charge in [0.2, 0.25) is 5.60 Å². The van der Waals surface area contributed by atoms with Crippen LogP contribution in [-0.4, -0.2) is 42.1 Å². The van der Waals surface area contributed by atoms with E-state index in [1.165, 1.54) is 6.07 Å². The van der Waals surface area contributed by atoms with Gasteiger partial charge in [-0.25, -0.2) is 14.0 Å². The van der Waals surface area contributed by atoms with Crippen LogP contribution in [0.3, 0.4) is 0 Å². The van der Waals surface area contributed by atoms with Crippen molar-refractivity contribution >= 4 is 17.8 Å². The van der Waals surface area contributed by atoms with E-state index >= 15 is 0 Å². The molecule has 1 N–H and O–H groups in total. The lowest BCUT2D eigenvalue weighted by molar-refractivity contribution is -0.169. The Kier molecular flexibility index (Phi) is 6.41. The van der Waals surface area contributed by atoms with Crippen molar-refractivity contribution in [3.63, 3.8) is 0 Å². The van der Waals surface area contributed by atoms with Gasteiger partial charge in [-0.3, -0.25) is 0 Å². The van der Waals surface area contributed by atoms with Gasteiger partial charge in [0.1, 0.15) is 11.4 Å². The second-order valence-corrected chi connectivity index (χ2v) is 7.26. The van der Waals surface area contributed by atoms with Crippen LogP contribution in [0.4, 0.5) is 9.18 Å². The minimum atomic E-state index is -1.46. The molecule has 0 saturated heterocycles. The molecular weight excluding hydrogens is 355 g/mol. The number of rotatable bonds is 6. The fourth-order valence-electron chi connectivity index (χ4n) is 2.62. The number of nitrogens with zero attached hydrogens (tertiary/aromatic N) is 1. The number of amides is 1. The maximum atomic E-state index is 14.1. The zero-order valence-corrected chi connectivity index (χ0v) is 16.0. The van der Waals surface area contributed by atoms with E-state index in [1.54, 1.807) is 45.9 Å². The summed E-state index contributed by atoms with van der Waals surface area (Å²) in [6.07, 6.45) is -0.554. The Morgan fingerprint density at radius 2 is 2.04 bits per heavy atom. The molecule has 1 atom stereocenters. The summed E-state index contributed by atoms with van der Waals surface area (Å²) in [5.41, 5.74) is -1.33. The molecule has 1 heterocycles. The minimum absolute atomic E-state index is 0.0298. The van der Waals surface area contributed by atoms with Crippen molar-refractivity contribution in [3.05, 3.63) is 35.6 Å². The molecule has 1 aromatic carbocycles. The maximum absolute atomic E-state index is 14.1. The number of hydrogen-bond donors (Lipinski definition) is 1. The molecule has 7 nitrogen and oxygen atoms in total. The maximum Gasteiger partial charge on any atom is 0.407 e. The summed E-state index contributed by atoms with van der Waals surface area (Å²) in [5, 5.41) is 6.48. The van der Waals surface area contributed by atoms with Crippen LogP contribution >= 0.6 is 0 Å². The fraction of sp³-hybridized carbons (Fsp3) is 0.526. The molecule has 1 aliphatic heterocycles. The molecule has 1 aliphatic rings. The highest BCUT2D eigenvalue weighted by atomic mass is 19.1. The van der Waals surface area contributed by atoms with Gasteiger partial charge in [-0.1, -0.05) is 23.4 Å². The second-order valence-electron chi connectivity index (χ2n) is 7.26. The first-order valence-corrected chi connectivity index (χ1v) is 8.76. The number of ether oxygens (including phenoxy) is 2. The predicted molar refractivity (Wildman–Crippen MR) is 96.8 cm³/mol. The van der Waals surface area contributed by atoms with Crippen molar-refractivity contribution in [2.45, 2.75) is 51.7 Å². The number of nitrogens with one attached hydrogen (secondary N) is 1. The lowest BCUT2D eigenvalue weighted by Gasteiger charge is -2.24. The van der Waals surface area contributed by atoms with Crippen LogP contribution in [0.15, 0.2) is 29.4 Å². The Morgan fingerprint density at radius 1 is 1.33 bits per heavy atom. The Morgan fingerprint density at radius 3 is 2.67 bits per heavy atom. The van der Waals surface area contributed by atoms with E-state index in [-0.39, 0.29) is 26.0 Å². The average molecular weight is 380 g/mol. The summed E-state index contributed by atoms with van der Waals surface area (Å²) < 4.78 is 24.3. The van der Waals surface area contributed by atoms with Gasteiger partial charge in [0.15, 0.2) is 0 Å². The van der Waals surface area contributed by atoms with Gasteiger partial charge in [-0.05, 0) is 39.3 Å². The van der Waals surface area contributed by atoms with E-state index in [0.29, 0.717) is 11.3 Å². The first-order valence-electron chi connectivity index (χ1n) is 8.76. The van der Waals surface area contributed by atoms with Crippen molar-refractivity contribution in [1.82, 2.24) is 5.32 Å². The van der Waals surface area contributed by atoms with Crippen LogP contribution in [0.25, 0.3) is 0 Å². The third kappa shape index (κ3) is 5.67. The molecule has 0 aromatic heterocycles. The number of benzene rings is 1. The zero-order valence-electron chi connectivity index (χ0n) is 16.0. The molecule has 0 saturated carbocycles. The summed E-state index contributed by atoms with van der Waals surface area (Å²) in [6.45, 7) is 7.14. The van der Waals surface area contributed by atoms with Gasteiger partial charge < -0.3 is 19.6 Å². The third-order valence-electron chi connectivity index (χ3n) is 3.76. The zero-order chi connectivity index (χ0) is 20.1. The van der Waals surface area contributed by atoms with Gasteiger partial charge in [-0.2, -0.15) is 0 Å². The van der Waals surface area contributed by atoms with Crippen LogP contribution in [0, 0.1) is 5.82 Å². The number of hydrogen-bond acceptors (Lipinski definition) is 6. The Hall–Kier alpha value is -2.64. The van der Waals surface area contributed by atoms with Crippen LogP contribution in [-0.2, 0) is 25.5 Å². The lowest BCUT2D eigenvalue weighted by atomic mass is 9.89. The smallest absolute Gasteiger partial charge is 0.407 e. The number of carbonyl (C=O) groups excluding carboxylic acids is 2. The first kappa shape index (κ1) is 20.7. The number of esters is 1. The van der Waals surface area contributed by atoms with E-state index in [4.69, 9.17) is 14.3 Å². The quantitative estimate of drug-likeness (QED) is 0.767. The van der Waals surface area contributed by atoms with Gasteiger partial charge in [-0.15, -0.1) is 0 Å². The number of oxime groups is 1. The van der Waals surface area contributed by atoms with E-state index < -0.39 is 29.1 Å². The monoisotopic (exact) mass is 380 g/mol. The summed E-state index contributed by atoms with van der Waals surface area (Å²) >= 11 is 0. The molecule has 2 rings (SSSR count). The normalized spacial score (nSPS) is 19.1. The van der Waals surface area contributed by atoms with Crippen molar-refractivity contribution < 1.29 is 28.3 Å². The van der Waals surface area contributed by atoms with Gasteiger partial charge in [0.05, 0.1) is 18.9 Å². The summed E-state index contributed by atoms with van der Waals surface area (Å²) in [7, 11) is 0. The van der Waals surface area contributed by atoms with E-state index in [1.807, 2.05) is 0 Å². The van der Waals surface area contributed by atoms with Gasteiger partial charge in [0, 0.05) is 12.8 Å². The molecule has 0 aliphatic carbocycles. The van der Waals surface area contributed by atoms with Crippen LogP contribution in [0.1, 0.15) is 39.7 Å². The van der Waals surface area contributed by atoms with Crippen molar-refractivity contribution in [3.8, 4) is 0 Å².